The number of carbonyl (C=O) groups excluding carboxylic acids is 1. The number of thiazole rings is 1. The SMILES string of the molecule is Cc1nc(N)sc1C1=CSCC(N2CCCCC2)=N1.NC=O. The number of primary amides is 1. The average Bonchev–Trinajstić information content (AvgIpc) is 2.88. The summed E-state index contributed by atoms with van der Waals surface area (Å²) in [4.78, 5) is 21.3. The van der Waals surface area contributed by atoms with Crippen LogP contribution < -0.4 is 11.5 Å². The Morgan fingerprint density at radius 3 is 2.59 bits per heavy atom. The second-order valence-corrected chi connectivity index (χ2v) is 6.88. The fourth-order valence-electron chi connectivity index (χ4n) is 2.47. The van der Waals surface area contributed by atoms with Crippen molar-refractivity contribution in [3.8, 4) is 0 Å². The average molecular weight is 339 g/mol. The van der Waals surface area contributed by atoms with Crippen LogP contribution in [0.15, 0.2) is 10.4 Å². The number of likely N-dealkylation sites (tertiary alicyclic amines) is 1. The molecule has 0 saturated carbocycles. The molecule has 0 spiro atoms. The van der Waals surface area contributed by atoms with Gasteiger partial charge in [0.15, 0.2) is 5.13 Å². The first-order valence-corrected chi connectivity index (χ1v) is 9.05. The summed E-state index contributed by atoms with van der Waals surface area (Å²) in [6.45, 7) is 4.30. The molecule has 8 heteroatoms. The van der Waals surface area contributed by atoms with Gasteiger partial charge in [-0.25, -0.2) is 9.98 Å². The van der Waals surface area contributed by atoms with Crippen LogP contribution in [0.5, 0.6) is 0 Å². The van der Waals surface area contributed by atoms with Gasteiger partial charge >= 0.3 is 0 Å². The first kappa shape index (κ1) is 16.8. The molecule has 4 N–H and O–H groups in total. The number of nitrogens with two attached hydrogens (primary N) is 2. The maximum atomic E-state index is 8.58. The highest BCUT2D eigenvalue weighted by atomic mass is 32.2. The van der Waals surface area contributed by atoms with Crippen molar-refractivity contribution in [1.82, 2.24) is 9.88 Å². The molecule has 0 aliphatic carbocycles. The van der Waals surface area contributed by atoms with Gasteiger partial charge in [-0.15, -0.1) is 11.8 Å². The number of anilines is 1. The monoisotopic (exact) mass is 339 g/mol. The van der Waals surface area contributed by atoms with Gasteiger partial charge in [0.1, 0.15) is 5.84 Å². The molecule has 0 aromatic carbocycles. The van der Waals surface area contributed by atoms with Crippen molar-refractivity contribution in [1.29, 1.82) is 0 Å². The van der Waals surface area contributed by atoms with Crippen molar-refractivity contribution in [3.05, 3.63) is 16.0 Å². The first-order valence-electron chi connectivity index (χ1n) is 7.18. The molecule has 120 valence electrons. The highest BCUT2D eigenvalue weighted by molar-refractivity contribution is 8.03. The molecule has 2 aliphatic rings. The van der Waals surface area contributed by atoms with Crippen molar-refractivity contribution >= 4 is 46.2 Å². The van der Waals surface area contributed by atoms with Crippen molar-refractivity contribution in [3.63, 3.8) is 0 Å². The molecule has 1 saturated heterocycles. The fraction of sp³-hybridized carbons (Fsp3) is 0.500. The van der Waals surface area contributed by atoms with Crippen molar-refractivity contribution in [2.75, 3.05) is 24.6 Å². The normalized spacial score (nSPS) is 18.0. The van der Waals surface area contributed by atoms with Crippen LogP contribution in [0.3, 0.4) is 0 Å². The van der Waals surface area contributed by atoms with Gasteiger partial charge in [0, 0.05) is 13.1 Å². The Kier molecular flexibility index (Phi) is 6.26. The van der Waals surface area contributed by atoms with E-state index in [-0.39, 0.29) is 6.41 Å². The van der Waals surface area contributed by atoms with Gasteiger partial charge in [0.05, 0.1) is 22.0 Å². The number of aromatic nitrogens is 1. The van der Waals surface area contributed by atoms with E-state index < -0.39 is 0 Å². The third-order valence-electron chi connectivity index (χ3n) is 3.42. The second kappa shape index (κ2) is 8.19. The summed E-state index contributed by atoms with van der Waals surface area (Å²) in [6.07, 6.45) is 4.18. The van der Waals surface area contributed by atoms with Crippen LogP contribution in [0, 0.1) is 6.92 Å². The van der Waals surface area contributed by atoms with E-state index in [1.165, 1.54) is 36.4 Å². The highest BCUT2D eigenvalue weighted by Crippen LogP contribution is 2.33. The Bertz CT molecular complexity index is 576. The second-order valence-electron chi connectivity index (χ2n) is 4.99. The number of amides is 1. The quantitative estimate of drug-likeness (QED) is 0.763. The van der Waals surface area contributed by atoms with Crippen LogP contribution in [0.1, 0.15) is 29.8 Å². The number of hydrogen-bond donors (Lipinski definition) is 2. The molecule has 3 heterocycles. The smallest absolute Gasteiger partial charge is 0.204 e. The Morgan fingerprint density at radius 2 is 2.00 bits per heavy atom. The molecule has 1 aromatic rings. The predicted octanol–water partition coefficient (Wildman–Crippen LogP) is 2.06. The number of piperidine rings is 1. The Balaban J connectivity index is 0.000000545. The number of nitrogens with zero attached hydrogens (tertiary/aromatic N) is 3. The molecular weight excluding hydrogens is 318 g/mol. The summed E-state index contributed by atoms with van der Waals surface area (Å²) in [7, 11) is 0. The van der Waals surface area contributed by atoms with Crippen LogP contribution >= 0.6 is 23.1 Å². The van der Waals surface area contributed by atoms with E-state index in [0.717, 1.165) is 35.1 Å². The molecule has 0 unspecified atom stereocenters. The maximum Gasteiger partial charge on any atom is 0.204 e. The Labute approximate surface area is 138 Å². The van der Waals surface area contributed by atoms with Crippen LogP contribution in [-0.4, -0.2) is 41.0 Å². The summed E-state index contributed by atoms with van der Waals surface area (Å²) in [6, 6.07) is 0. The fourth-order valence-corrected chi connectivity index (χ4v) is 4.14. The standard InChI is InChI=1S/C13H18N4S2.CH3NO/c1-9-12(19-13(14)15-9)10-7-18-8-11(16-10)17-5-3-2-4-6-17;2-1-3/h7H,2-6,8H2,1H3,(H2,14,15);1H,(H2,2,3). The van der Waals surface area contributed by atoms with Gasteiger partial charge in [-0.1, -0.05) is 11.3 Å². The molecule has 1 aromatic heterocycles. The van der Waals surface area contributed by atoms with E-state index in [2.05, 4.69) is 21.0 Å². The molecule has 1 fully saturated rings. The van der Waals surface area contributed by atoms with E-state index in [1.807, 2.05) is 18.7 Å². The predicted molar refractivity (Wildman–Crippen MR) is 94.8 cm³/mol. The van der Waals surface area contributed by atoms with Gasteiger partial charge in [0.2, 0.25) is 6.41 Å². The third kappa shape index (κ3) is 4.23. The summed E-state index contributed by atoms with van der Waals surface area (Å²) in [5, 5.41) is 2.76. The lowest BCUT2D eigenvalue weighted by Crippen LogP contribution is -2.37. The number of carbonyl (C=O) groups is 1. The molecule has 6 nitrogen and oxygen atoms in total. The van der Waals surface area contributed by atoms with Gasteiger partial charge in [-0.3, -0.25) is 4.79 Å². The topological polar surface area (TPSA) is 97.6 Å². The lowest BCUT2D eigenvalue weighted by atomic mass is 10.1. The van der Waals surface area contributed by atoms with Gasteiger partial charge in [-0.2, -0.15) is 0 Å². The molecule has 1 amide bonds. The maximum absolute atomic E-state index is 8.58. The number of aryl methyl sites for hydroxylation is 1. The number of thioether (sulfide) groups is 1. The molecule has 2 aliphatic heterocycles. The highest BCUT2D eigenvalue weighted by Gasteiger charge is 2.20. The van der Waals surface area contributed by atoms with E-state index in [4.69, 9.17) is 15.5 Å². The summed E-state index contributed by atoms with van der Waals surface area (Å²) < 4.78 is 0. The Hall–Kier alpha value is -1.54. The van der Waals surface area contributed by atoms with Gasteiger partial charge < -0.3 is 16.4 Å². The molecule has 0 bridgehead atoms. The van der Waals surface area contributed by atoms with Crippen molar-refractivity contribution < 1.29 is 4.79 Å². The zero-order valence-corrected chi connectivity index (χ0v) is 14.3. The van der Waals surface area contributed by atoms with Gasteiger partial charge in [-0.05, 0) is 31.6 Å². The van der Waals surface area contributed by atoms with Crippen molar-refractivity contribution in [2.24, 2.45) is 10.7 Å². The molecule has 0 atom stereocenters. The largest absolute Gasteiger partial charge is 0.375 e. The zero-order chi connectivity index (χ0) is 15.9. The van der Waals surface area contributed by atoms with Crippen LogP contribution in [0.2, 0.25) is 0 Å². The number of hydrogen-bond acceptors (Lipinski definition) is 7. The molecule has 3 rings (SSSR count). The molecular formula is C14H21N5OS2. The first-order chi connectivity index (χ1) is 10.7. The van der Waals surface area contributed by atoms with Crippen LogP contribution in [0.25, 0.3) is 5.70 Å². The lowest BCUT2D eigenvalue weighted by Gasteiger charge is -2.30. The number of nitrogen functional groups attached to an aromatic ring is 1. The summed E-state index contributed by atoms with van der Waals surface area (Å²) in [5.41, 5.74) is 12.0. The lowest BCUT2D eigenvalue weighted by molar-refractivity contribution is -0.106. The van der Waals surface area contributed by atoms with E-state index in [9.17, 15) is 0 Å². The Morgan fingerprint density at radius 1 is 1.32 bits per heavy atom. The van der Waals surface area contributed by atoms with E-state index in [0.29, 0.717) is 5.13 Å². The van der Waals surface area contributed by atoms with E-state index in [1.54, 1.807) is 0 Å². The minimum atomic E-state index is 0.250. The molecule has 0 radical (unpaired) electrons. The summed E-state index contributed by atoms with van der Waals surface area (Å²) in [5.74, 6) is 2.20. The summed E-state index contributed by atoms with van der Waals surface area (Å²) >= 11 is 3.35. The van der Waals surface area contributed by atoms with E-state index >= 15 is 0 Å². The number of aliphatic imine (C=N–C) groups is 1. The van der Waals surface area contributed by atoms with Crippen LogP contribution in [-0.2, 0) is 4.79 Å². The number of amidine groups is 1. The van der Waals surface area contributed by atoms with Crippen molar-refractivity contribution in [2.45, 2.75) is 26.2 Å². The van der Waals surface area contributed by atoms with Crippen LogP contribution in [0.4, 0.5) is 5.13 Å². The zero-order valence-electron chi connectivity index (χ0n) is 12.6. The minimum absolute atomic E-state index is 0.250. The van der Waals surface area contributed by atoms with Gasteiger partial charge in [0.25, 0.3) is 0 Å². The molecule has 22 heavy (non-hydrogen) atoms. The third-order valence-corrected chi connectivity index (χ3v) is 5.25. The minimum Gasteiger partial charge on any atom is -0.375 e. The number of rotatable bonds is 1.